The molecule has 4 atom stereocenters. The van der Waals surface area contributed by atoms with Crippen LogP contribution in [0.25, 0.3) is 0 Å². The fourth-order valence-electron chi connectivity index (χ4n) is 3.68. The summed E-state index contributed by atoms with van der Waals surface area (Å²) >= 11 is 5.25. The van der Waals surface area contributed by atoms with Gasteiger partial charge in [-0.05, 0) is 37.5 Å². The molecular formula is C26H33ClF4O8. The molecule has 2 rings (SSSR count). The van der Waals surface area contributed by atoms with Gasteiger partial charge in [0, 0.05) is 37.3 Å². The summed E-state index contributed by atoms with van der Waals surface area (Å²) in [5, 5.41) is 10.2. The van der Waals surface area contributed by atoms with Crippen molar-refractivity contribution >= 4 is 23.0 Å². The number of ether oxygens (including phenoxy) is 5. The largest absolute Gasteiger partial charge is 0.463 e. The van der Waals surface area contributed by atoms with Gasteiger partial charge in [-0.3, -0.25) is 0 Å². The van der Waals surface area contributed by atoms with E-state index < -0.39 is 66.6 Å². The van der Waals surface area contributed by atoms with Gasteiger partial charge in [-0.25, -0.2) is 9.59 Å². The number of esters is 1. The fourth-order valence-corrected chi connectivity index (χ4v) is 3.74. The van der Waals surface area contributed by atoms with E-state index in [4.69, 9.17) is 35.3 Å². The van der Waals surface area contributed by atoms with E-state index in [2.05, 4.69) is 11.8 Å². The molecule has 0 bridgehead atoms. The summed E-state index contributed by atoms with van der Waals surface area (Å²) in [6.45, 7) is -0.175. The van der Waals surface area contributed by atoms with Gasteiger partial charge >= 0.3 is 23.2 Å². The Morgan fingerprint density at radius 1 is 0.923 bits per heavy atom. The maximum absolute atomic E-state index is 13.5. The van der Waals surface area contributed by atoms with Gasteiger partial charge in [-0.1, -0.05) is 18.8 Å². The van der Waals surface area contributed by atoms with Gasteiger partial charge in [0.15, 0.2) is 6.29 Å². The zero-order valence-electron chi connectivity index (χ0n) is 21.6. The highest BCUT2D eigenvalue weighted by Crippen LogP contribution is 2.26. The number of rotatable bonds is 13. The van der Waals surface area contributed by atoms with Gasteiger partial charge in [-0.2, -0.15) is 17.6 Å². The normalized spacial score (nSPS) is 24.5. The van der Waals surface area contributed by atoms with Crippen molar-refractivity contribution in [3.05, 3.63) is 0 Å². The van der Waals surface area contributed by atoms with Crippen molar-refractivity contribution in [3.8, 4) is 23.7 Å². The Bertz CT molecular complexity index is 942. The lowest BCUT2D eigenvalue weighted by molar-refractivity contribution is -0.180. The average molecular weight is 585 g/mol. The van der Waals surface area contributed by atoms with Crippen molar-refractivity contribution < 1.29 is 55.9 Å². The van der Waals surface area contributed by atoms with Gasteiger partial charge in [0.1, 0.15) is 19.8 Å². The molecule has 0 aliphatic heterocycles. The van der Waals surface area contributed by atoms with Gasteiger partial charge in [0.25, 0.3) is 0 Å². The van der Waals surface area contributed by atoms with E-state index >= 15 is 0 Å². The minimum atomic E-state index is -3.10. The lowest BCUT2D eigenvalue weighted by Gasteiger charge is -2.29. The smallest absolute Gasteiger partial charge is 0.403 e. The molecule has 2 aliphatic carbocycles. The Morgan fingerprint density at radius 2 is 1.46 bits per heavy atom. The molecule has 0 saturated carbocycles. The van der Waals surface area contributed by atoms with Crippen LogP contribution in [-0.2, 0) is 28.5 Å². The van der Waals surface area contributed by atoms with Crippen LogP contribution in [0, 0.1) is 29.1 Å². The van der Waals surface area contributed by atoms with E-state index in [-0.39, 0.29) is 52.1 Å². The van der Waals surface area contributed by atoms with Crippen LogP contribution in [0.4, 0.5) is 22.4 Å². The van der Waals surface area contributed by atoms with E-state index in [1.807, 2.05) is 11.8 Å². The zero-order valence-corrected chi connectivity index (χ0v) is 22.4. The Balaban J connectivity index is 1.79. The van der Waals surface area contributed by atoms with Gasteiger partial charge < -0.3 is 28.8 Å². The second-order valence-electron chi connectivity index (χ2n) is 9.82. The summed E-state index contributed by atoms with van der Waals surface area (Å²) in [5.41, 5.74) is -2.25. The number of carbonyl (C=O) groups is 2. The first-order valence-corrected chi connectivity index (χ1v) is 12.9. The zero-order chi connectivity index (χ0) is 28.9. The predicted molar refractivity (Wildman–Crippen MR) is 130 cm³/mol. The Morgan fingerprint density at radius 3 is 2.03 bits per heavy atom. The molecule has 0 aromatic carbocycles. The van der Waals surface area contributed by atoms with E-state index in [9.17, 15) is 32.3 Å². The van der Waals surface area contributed by atoms with Gasteiger partial charge in [0.2, 0.25) is 0 Å². The molecule has 0 fully saturated rings. The summed E-state index contributed by atoms with van der Waals surface area (Å²) in [4.78, 5) is 23.3. The standard InChI is InChI=1S/C26H33ClF4O8/c1-24(18-39-23(27)34,16-37-21(32)14-35-19-6-2-4-10-25(28,29)12-8-19)17-38-22(33)15-36-20-7-3-5-11-26(30,31)13-9-20/h19-21,32H,2-3,6-9,12-18H2,1H3. The number of carbonyl (C=O) groups excluding carboxylic acids is 2. The number of aliphatic hydroxyl groups excluding tert-OH is 1. The summed E-state index contributed by atoms with van der Waals surface area (Å²) in [5.74, 6) is 1.67. The average Bonchev–Trinajstić information content (AvgIpc) is 2.85. The molecule has 0 aromatic rings. The molecule has 0 heterocycles. The molecule has 0 aromatic heterocycles. The highest BCUT2D eigenvalue weighted by atomic mass is 35.5. The van der Waals surface area contributed by atoms with Crippen molar-refractivity contribution in [3.63, 3.8) is 0 Å². The van der Waals surface area contributed by atoms with Gasteiger partial charge in [-0.15, -0.1) is 0 Å². The number of hydrogen-bond donors (Lipinski definition) is 1. The van der Waals surface area contributed by atoms with Crippen LogP contribution < -0.4 is 0 Å². The summed E-state index contributed by atoms with van der Waals surface area (Å²) in [7, 11) is 0. The molecule has 39 heavy (non-hydrogen) atoms. The first kappa shape index (κ1) is 33.1. The third kappa shape index (κ3) is 14.2. The molecule has 1 N–H and O–H groups in total. The number of halogens is 5. The van der Waals surface area contributed by atoms with Crippen molar-refractivity contribution in [1.82, 2.24) is 0 Å². The Kier molecular flexibility index (Phi) is 13.3. The Labute approximate surface area is 230 Å². The van der Waals surface area contributed by atoms with Crippen LogP contribution in [0.1, 0.15) is 58.3 Å². The van der Waals surface area contributed by atoms with Crippen molar-refractivity contribution in [2.75, 3.05) is 33.0 Å². The van der Waals surface area contributed by atoms with Crippen LogP contribution in [0.2, 0.25) is 0 Å². The predicted octanol–water partition coefficient (Wildman–Crippen LogP) is 4.44. The van der Waals surface area contributed by atoms with Crippen LogP contribution in [0.3, 0.4) is 0 Å². The second kappa shape index (κ2) is 15.6. The molecule has 2 aliphatic rings. The first-order valence-electron chi connectivity index (χ1n) is 12.5. The lowest BCUT2D eigenvalue weighted by atomic mass is 9.94. The molecule has 8 nitrogen and oxygen atoms in total. The summed E-state index contributed by atoms with van der Waals surface area (Å²) in [6, 6.07) is 0. The maximum atomic E-state index is 13.5. The van der Waals surface area contributed by atoms with Crippen molar-refractivity contribution in [1.29, 1.82) is 0 Å². The summed E-state index contributed by atoms with van der Waals surface area (Å²) < 4.78 is 80.3. The SMILES string of the molecule is CC(COC(=O)Cl)(COC(=O)COC1CCC#CC(F)(F)CC1)COC(O)COC1CCC#CC(F)(F)CC1. The maximum Gasteiger partial charge on any atom is 0.403 e. The molecule has 4 unspecified atom stereocenters. The molecule has 220 valence electrons. The molecule has 0 saturated heterocycles. The second-order valence-corrected chi connectivity index (χ2v) is 10.1. The highest BCUT2D eigenvalue weighted by molar-refractivity contribution is 6.61. The van der Waals surface area contributed by atoms with E-state index in [0.717, 1.165) is 0 Å². The monoisotopic (exact) mass is 584 g/mol. The quantitative estimate of drug-likeness (QED) is 0.111. The molecule has 0 radical (unpaired) electrons. The van der Waals surface area contributed by atoms with E-state index in [0.29, 0.717) is 12.8 Å². The molecule has 0 amide bonds. The summed E-state index contributed by atoms with van der Waals surface area (Å²) in [6.07, 6.45) is -2.16. The molecule has 13 heteroatoms. The fraction of sp³-hybridized carbons (Fsp3) is 0.769. The lowest BCUT2D eigenvalue weighted by Crippen LogP contribution is -2.38. The minimum absolute atomic E-state index is 0.0306. The van der Waals surface area contributed by atoms with Crippen LogP contribution >= 0.6 is 11.6 Å². The Hall–Kier alpha value is -2.09. The minimum Gasteiger partial charge on any atom is -0.463 e. The third-order valence-corrected chi connectivity index (χ3v) is 6.05. The topological polar surface area (TPSA) is 101 Å². The van der Waals surface area contributed by atoms with Crippen LogP contribution in [0.5, 0.6) is 0 Å². The van der Waals surface area contributed by atoms with Crippen LogP contribution in [0.15, 0.2) is 0 Å². The molecule has 0 spiro atoms. The molecular weight excluding hydrogens is 552 g/mol. The third-order valence-electron chi connectivity index (χ3n) is 5.94. The van der Waals surface area contributed by atoms with E-state index in [1.54, 1.807) is 6.92 Å². The van der Waals surface area contributed by atoms with E-state index in [1.165, 1.54) is 0 Å². The van der Waals surface area contributed by atoms with Crippen molar-refractivity contribution in [2.45, 2.75) is 88.6 Å². The number of alkyl halides is 4. The first-order chi connectivity index (χ1) is 18.3. The van der Waals surface area contributed by atoms with Crippen molar-refractivity contribution in [2.24, 2.45) is 5.41 Å². The highest BCUT2D eigenvalue weighted by Gasteiger charge is 2.32. The van der Waals surface area contributed by atoms with Gasteiger partial charge in [0.05, 0.1) is 30.8 Å². The number of hydrogen-bond acceptors (Lipinski definition) is 8. The number of aliphatic hydroxyl groups is 1. The van der Waals surface area contributed by atoms with Crippen LogP contribution in [-0.4, -0.2) is 79.9 Å².